The van der Waals surface area contributed by atoms with Crippen LogP contribution in [0.25, 0.3) is 0 Å². The Morgan fingerprint density at radius 2 is 1.48 bits per heavy atom. The van der Waals surface area contributed by atoms with Crippen molar-refractivity contribution >= 4 is 13.8 Å². The predicted octanol–water partition coefficient (Wildman–Crippen LogP) is 6.58. The van der Waals surface area contributed by atoms with Crippen LogP contribution in [0.1, 0.15) is 90.9 Å². The molecule has 2 N–H and O–H groups in total. The van der Waals surface area contributed by atoms with E-state index in [9.17, 15) is 19.4 Å². The summed E-state index contributed by atoms with van der Waals surface area (Å²) in [6.07, 6.45) is 24.3. The number of aliphatic hydroxyl groups is 1. The number of carbonyl (C=O) groups excluding carboxylic acids is 1. The zero-order chi connectivity index (χ0) is 24.6. The maximum Gasteiger partial charge on any atom is 0.512 e. The van der Waals surface area contributed by atoms with E-state index in [1.807, 2.05) is 0 Å². The van der Waals surface area contributed by atoms with Crippen LogP contribution in [0.4, 0.5) is 0 Å². The fraction of sp³-hybridized carbons (Fsp3) is 0.680. The number of rotatable bonds is 22. The topological polar surface area (TPSA) is 102 Å². The van der Waals surface area contributed by atoms with Crippen molar-refractivity contribution in [1.82, 2.24) is 0 Å². The normalized spacial score (nSPS) is 14.8. The molecule has 8 heteroatoms. The number of ether oxygens (including phenoxy) is 1. The van der Waals surface area contributed by atoms with Gasteiger partial charge in [-0.3, -0.25) is 9.32 Å². The molecule has 190 valence electrons. The minimum atomic E-state index is -4.21. The highest BCUT2D eigenvalue weighted by Crippen LogP contribution is 2.43. The number of hydrogen-bond acceptors (Lipinski definition) is 6. The molecule has 0 aliphatic rings. The molecule has 0 bridgehead atoms. The highest BCUT2D eigenvalue weighted by molar-refractivity contribution is 7.47. The van der Waals surface area contributed by atoms with Crippen molar-refractivity contribution in [1.29, 1.82) is 0 Å². The molecule has 0 radical (unpaired) electrons. The molecule has 0 aliphatic carbocycles. The Labute approximate surface area is 200 Å². The molecule has 0 heterocycles. The van der Waals surface area contributed by atoms with Gasteiger partial charge >= 0.3 is 13.8 Å². The van der Waals surface area contributed by atoms with Gasteiger partial charge in [-0.2, -0.15) is 0 Å². The minimum Gasteiger partial charge on any atom is -0.463 e. The largest absolute Gasteiger partial charge is 0.512 e. The van der Waals surface area contributed by atoms with E-state index < -0.39 is 26.5 Å². The van der Waals surface area contributed by atoms with Crippen LogP contribution in [0.3, 0.4) is 0 Å². The van der Waals surface area contributed by atoms with Crippen LogP contribution in [0, 0.1) is 6.61 Å². The van der Waals surface area contributed by atoms with Crippen molar-refractivity contribution in [2.24, 2.45) is 0 Å². The molecule has 0 aliphatic heterocycles. The second-order valence-corrected chi connectivity index (χ2v) is 9.18. The van der Waals surface area contributed by atoms with Gasteiger partial charge in [0.05, 0.1) is 6.61 Å². The number of esters is 1. The number of hydrogen-bond donors (Lipinski definition) is 2. The Morgan fingerprint density at radius 1 is 0.909 bits per heavy atom. The summed E-state index contributed by atoms with van der Waals surface area (Å²) in [6.45, 7) is 3.92. The zero-order valence-electron chi connectivity index (χ0n) is 20.4. The summed E-state index contributed by atoms with van der Waals surface area (Å²) < 4.78 is 25.2. The maximum atomic E-state index is 11.7. The molecule has 0 rings (SSSR count). The molecule has 33 heavy (non-hydrogen) atoms. The third kappa shape index (κ3) is 23.6. The average molecular weight is 488 g/mol. The molecule has 0 saturated heterocycles. The van der Waals surface area contributed by atoms with E-state index in [0.717, 1.165) is 51.6 Å². The molecule has 0 spiro atoms. The highest BCUT2D eigenvalue weighted by Gasteiger charge is 2.27. The molecule has 0 fully saturated rings. The molecule has 2 atom stereocenters. The van der Waals surface area contributed by atoms with E-state index in [4.69, 9.17) is 4.74 Å². The summed E-state index contributed by atoms with van der Waals surface area (Å²) in [6, 6.07) is 0. The Balaban J connectivity index is 3.55. The molecule has 0 aromatic carbocycles. The van der Waals surface area contributed by atoms with Crippen molar-refractivity contribution < 1.29 is 33.1 Å². The van der Waals surface area contributed by atoms with Crippen molar-refractivity contribution in [2.45, 2.75) is 97.0 Å². The highest BCUT2D eigenvalue weighted by atomic mass is 31.2. The third-order valence-corrected chi connectivity index (χ3v) is 5.58. The lowest BCUT2D eigenvalue weighted by atomic mass is 10.1. The van der Waals surface area contributed by atoms with Gasteiger partial charge in [0.1, 0.15) is 19.6 Å². The molecular formula is C25H44O7P+. The van der Waals surface area contributed by atoms with E-state index in [1.54, 1.807) is 0 Å². The van der Waals surface area contributed by atoms with Gasteiger partial charge in [0, 0.05) is 6.42 Å². The second-order valence-electron chi connectivity index (χ2n) is 7.78. The van der Waals surface area contributed by atoms with Gasteiger partial charge in [-0.1, -0.05) is 73.6 Å². The summed E-state index contributed by atoms with van der Waals surface area (Å²) in [4.78, 5) is 20.9. The Morgan fingerprint density at radius 3 is 2.09 bits per heavy atom. The van der Waals surface area contributed by atoms with E-state index in [1.165, 1.54) is 32.6 Å². The lowest BCUT2D eigenvalue weighted by molar-refractivity contribution is -0.147. The Kier molecular flexibility index (Phi) is 21.5. The van der Waals surface area contributed by atoms with Gasteiger partial charge in [-0.05, 0) is 44.9 Å². The molecule has 0 amide bonds. The van der Waals surface area contributed by atoms with Crippen molar-refractivity contribution in [2.75, 3.05) is 13.2 Å². The fourth-order valence-electron chi connectivity index (χ4n) is 2.83. The zero-order valence-corrected chi connectivity index (χ0v) is 21.3. The maximum absolute atomic E-state index is 11.7. The van der Waals surface area contributed by atoms with E-state index >= 15 is 0 Å². The van der Waals surface area contributed by atoms with E-state index in [-0.39, 0.29) is 13.0 Å². The summed E-state index contributed by atoms with van der Waals surface area (Å²) in [7, 11) is -4.21. The lowest BCUT2D eigenvalue weighted by Gasteiger charge is -2.12. The number of carbonyl (C=O) groups is 1. The minimum absolute atomic E-state index is 0.285. The fourth-order valence-corrected chi connectivity index (χ4v) is 3.52. The summed E-state index contributed by atoms with van der Waals surface area (Å²) >= 11 is 0. The van der Waals surface area contributed by atoms with Crippen LogP contribution in [0.15, 0.2) is 36.5 Å². The summed E-state index contributed by atoms with van der Waals surface area (Å²) in [5.74, 6) is -0.401. The molecule has 0 aromatic heterocycles. The van der Waals surface area contributed by atoms with Crippen LogP contribution in [0.2, 0.25) is 0 Å². The third-order valence-electron chi connectivity index (χ3n) is 4.63. The van der Waals surface area contributed by atoms with Gasteiger partial charge in [0.25, 0.3) is 0 Å². The standard InChI is InChI=1S/C25H43O7P/c1-3-5-6-7-8-9-10-11-12-13-14-15-16-17-18-19-20-21-25(27)30-22-24(26)23-32-33(28,29)31-4-2/h4,8-9,11-12,14-15,24,26H,3,5-7,10,13,16-23H2,1-2H3/p+1/b9-8+,12-11+,15-14+. The number of aliphatic hydroxyl groups excluding tert-OH is 1. The monoisotopic (exact) mass is 487 g/mol. The number of unbranched alkanes of at least 4 members (excludes halogenated alkanes) is 7. The molecule has 0 saturated carbocycles. The van der Waals surface area contributed by atoms with Crippen LogP contribution >= 0.6 is 7.82 Å². The van der Waals surface area contributed by atoms with Gasteiger partial charge in [0.2, 0.25) is 6.61 Å². The number of phosphoric ester groups is 1. The number of allylic oxidation sites excluding steroid dienone is 6. The first-order chi connectivity index (χ1) is 15.9. The quantitative estimate of drug-likeness (QED) is 0.0585. The van der Waals surface area contributed by atoms with Gasteiger partial charge in [0.15, 0.2) is 0 Å². The average Bonchev–Trinajstić information content (AvgIpc) is 2.78. The molecular weight excluding hydrogens is 443 g/mol. The smallest absolute Gasteiger partial charge is 0.463 e. The van der Waals surface area contributed by atoms with Gasteiger partial charge < -0.3 is 14.7 Å². The first-order valence-electron chi connectivity index (χ1n) is 12.1. The van der Waals surface area contributed by atoms with Crippen molar-refractivity contribution in [3.63, 3.8) is 0 Å². The van der Waals surface area contributed by atoms with E-state index in [2.05, 4.69) is 52.4 Å². The van der Waals surface area contributed by atoms with Crippen molar-refractivity contribution in [3.05, 3.63) is 43.1 Å². The first-order valence-corrected chi connectivity index (χ1v) is 13.6. The predicted molar refractivity (Wildman–Crippen MR) is 132 cm³/mol. The lowest BCUT2D eigenvalue weighted by Crippen LogP contribution is -2.23. The van der Waals surface area contributed by atoms with Crippen LogP contribution < -0.4 is 0 Å². The number of phosphoric acid groups is 1. The summed E-state index contributed by atoms with van der Waals surface area (Å²) in [5, 5.41) is 9.64. The van der Waals surface area contributed by atoms with Crippen LogP contribution in [-0.2, 0) is 23.1 Å². The Bertz CT molecular complexity index is 602. The van der Waals surface area contributed by atoms with Crippen molar-refractivity contribution in [3.8, 4) is 0 Å². The second kappa shape index (κ2) is 22.4. The molecule has 2 unspecified atom stereocenters. The molecule has 7 nitrogen and oxygen atoms in total. The summed E-state index contributed by atoms with van der Waals surface area (Å²) in [5.41, 5.74) is 0. The van der Waals surface area contributed by atoms with E-state index in [0.29, 0.717) is 0 Å². The van der Waals surface area contributed by atoms with Gasteiger partial charge in [-0.25, -0.2) is 4.57 Å². The first kappa shape index (κ1) is 31.6. The van der Waals surface area contributed by atoms with Crippen LogP contribution in [0.5, 0.6) is 0 Å². The Hall–Kier alpha value is -1.37. The SMILES string of the molecule is C[CH+]OP(=O)(O)OCC(O)COC(=O)CCCCCC/C=C/C/C=C/C/C=C/CCCCC. The molecule has 0 aromatic rings. The van der Waals surface area contributed by atoms with Gasteiger partial charge in [-0.15, -0.1) is 0 Å². The van der Waals surface area contributed by atoms with Crippen LogP contribution in [-0.4, -0.2) is 35.3 Å².